The maximum absolute atomic E-state index is 11.6. The molecule has 0 unspecified atom stereocenters. The summed E-state index contributed by atoms with van der Waals surface area (Å²) in [6.45, 7) is 0. The first-order chi connectivity index (χ1) is 7.63. The Balaban J connectivity index is 2.25. The zero-order valence-corrected chi connectivity index (χ0v) is 8.64. The van der Waals surface area contributed by atoms with E-state index in [0.717, 1.165) is 5.01 Å². The maximum atomic E-state index is 11.6. The average Bonchev–Trinajstić information content (AvgIpc) is 2.57. The van der Waals surface area contributed by atoms with Crippen LogP contribution in [0.3, 0.4) is 0 Å². The molecule has 2 rings (SSSR count). The molecular formula is C10H11N3O3. The number of carbonyl (C=O) groups is 2. The predicted molar refractivity (Wildman–Crippen MR) is 56.6 cm³/mol. The number of nitrogens with zero attached hydrogens (tertiary/aromatic N) is 1. The van der Waals surface area contributed by atoms with E-state index in [1.165, 1.54) is 0 Å². The fourth-order valence-corrected chi connectivity index (χ4v) is 1.41. The third-order valence-electron chi connectivity index (χ3n) is 2.32. The SMILES string of the molecule is COc1ccc(N2NC(=O)[C@@H](N)C2=O)cc1. The van der Waals surface area contributed by atoms with Crippen molar-refractivity contribution >= 4 is 17.5 Å². The van der Waals surface area contributed by atoms with Gasteiger partial charge in [0, 0.05) is 0 Å². The van der Waals surface area contributed by atoms with E-state index >= 15 is 0 Å². The Morgan fingerprint density at radius 2 is 1.94 bits per heavy atom. The molecule has 2 amide bonds. The number of hydrazine groups is 1. The van der Waals surface area contributed by atoms with Gasteiger partial charge in [0.15, 0.2) is 6.04 Å². The minimum atomic E-state index is -1.12. The first-order valence-corrected chi connectivity index (χ1v) is 4.67. The number of amides is 2. The van der Waals surface area contributed by atoms with Crippen molar-refractivity contribution in [2.24, 2.45) is 5.73 Å². The summed E-state index contributed by atoms with van der Waals surface area (Å²) in [7, 11) is 1.55. The fourth-order valence-electron chi connectivity index (χ4n) is 1.41. The molecule has 0 saturated carbocycles. The number of ether oxygens (including phenoxy) is 1. The molecule has 84 valence electrons. The van der Waals surface area contributed by atoms with E-state index in [1.54, 1.807) is 31.4 Å². The zero-order valence-electron chi connectivity index (χ0n) is 8.64. The van der Waals surface area contributed by atoms with Crippen LogP contribution in [-0.4, -0.2) is 25.0 Å². The van der Waals surface area contributed by atoms with Gasteiger partial charge in [0.05, 0.1) is 12.8 Å². The fraction of sp³-hybridized carbons (Fsp3) is 0.200. The van der Waals surface area contributed by atoms with E-state index in [0.29, 0.717) is 11.4 Å². The van der Waals surface area contributed by atoms with Gasteiger partial charge in [-0.3, -0.25) is 15.0 Å². The molecule has 0 bridgehead atoms. The first kappa shape index (κ1) is 10.4. The monoisotopic (exact) mass is 221 g/mol. The van der Waals surface area contributed by atoms with Gasteiger partial charge in [-0.25, -0.2) is 5.01 Å². The van der Waals surface area contributed by atoms with Crippen molar-refractivity contribution in [3.63, 3.8) is 0 Å². The van der Waals surface area contributed by atoms with Crippen LogP contribution in [0.2, 0.25) is 0 Å². The highest BCUT2D eigenvalue weighted by molar-refractivity contribution is 6.17. The predicted octanol–water partition coefficient (Wildman–Crippen LogP) is -0.600. The van der Waals surface area contributed by atoms with Crippen LogP contribution in [0.25, 0.3) is 0 Å². The highest BCUT2D eigenvalue weighted by Gasteiger charge is 2.37. The molecular weight excluding hydrogens is 210 g/mol. The zero-order chi connectivity index (χ0) is 11.7. The van der Waals surface area contributed by atoms with Crippen molar-refractivity contribution in [1.82, 2.24) is 5.43 Å². The second-order valence-corrected chi connectivity index (χ2v) is 3.33. The van der Waals surface area contributed by atoms with Crippen molar-refractivity contribution in [3.8, 4) is 5.75 Å². The Morgan fingerprint density at radius 1 is 1.31 bits per heavy atom. The first-order valence-electron chi connectivity index (χ1n) is 4.67. The van der Waals surface area contributed by atoms with Crippen molar-refractivity contribution < 1.29 is 14.3 Å². The van der Waals surface area contributed by atoms with E-state index in [9.17, 15) is 9.59 Å². The number of nitrogens with two attached hydrogens (primary N) is 1. The minimum absolute atomic E-state index is 0.463. The van der Waals surface area contributed by atoms with Crippen molar-refractivity contribution in [3.05, 3.63) is 24.3 Å². The van der Waals surface area contributed by atoms with Gasteiger partial charge in [-0.05, 0) is 24.3 Å². The van der Waals surface area contributed by atoms with Crippen LogP contribution in [0, 0.1) is 0 Å². The van der Waals surface area contributed by atoms with Crippen LogP contribution in [-0.2, 0) is 9.59 Å². The van der Waals surface area contributed by atoms with Gasteiger partial charge in [-0.2, -0.15) is 0 Å². The van der Waals surface area contributed by atoms with Crippen LogP contribution in [0.1, 0.15) is 0 Å². The molecule has 0 aliphatic carbocycles. The molecule has 1 aromatic rings. The molecule has 0 spiro atoms. The standard InChI is InChI=1S/C10H11N3O3/c1-16-7-4-2-6(3-5-7)13-10(15)8(11)9(14)12-13/h2-5,8H,11H2,1H3,(H,12,14)/t8-/m1/s1. The Bertz CT molecular complexity index is 429. The van der Waals surface area contributed by atoms with Crippen LogP contribution in [0.15, 0.2) is 24.3 Å². The van der Waals surface area contributed by atoms with Crippen molar-refractivity contribution in [2.45, 2.75) is 6.04 Å². The summed E-state index contributed by atoms with van der Waals surface area (Å²) >= 11 is 0. The van der Waals surface area contributed by atoms with E-state index in [2.05, 4.69) is 5.43 Å². The number of benzene rings is 1. The lowest BCUT2D eigenvalue weighted by atomic mass is 10.2. The van der Waals surface area contributed by atoms with Gasteiger partial charge in [0.25, 0.3) is 11.8 Å². The molecule has 1 aliphatic rings. The van der Waals surface area contributed by atoms with Crippen LogP contribution >= 0.6 is 0 Å². The lowest BCUT2D eigenvalue weighted by Gasteiger charge is -2.15. The van der Waals surface area contributed by atoms with Crippen molar-refractivity contribution in [1.29, 1.82) is 0 Å². The van der Waals surface area contributed by atoms with Gasteiger partial charge < -0.3 is 10.5 Å². The summed E-state index contributed by atoms with van der Waals surface area (Å²) in [4.78, 5) is 22.7. The molecule has 1 fully saturated rings. The quantitative estimate of drug-likeness (QED) is 0.653. The molecule has 1 saturated heterocycles. The van der Waals surface area contributed by atoms with E-state index < -0.39 is 17.9 Å². The third-order valence-corrected chi connectivity index (χ3v) is 2.32. The molecule has 1 aromatic carbocycles. The highest BCUT2D eigenvalue weighted by atomic mass is 16.5. The summed E-state index contributed by atoms with van der Waals surface area (Å²) in [5, 5.41) is 1.13. The van der Waals surface area contributed by atoms with Gasteiger partial charge in [-0.15, -0.1) is 0 Å². The van der Waals surface area contributed by atoms with E-state index in [-0.39, 0.29) is 0 Å². The van der Waals surface area contributed by atoms with Gasteiger partial charge >= 0.3 is 0 Å². The van der Waals surface area contributed by atoms with Crippen LogP contribution in [0.4, 0.5) is 5.69 Å². The van der Waals surface area contributed by atoms with Gasteiger partial charge in [-0.1, -0.05) is 0 Å². The number of rotatable bonds is 2. The Morgan fingerprint density at radius 3 is 2.38 bits per heavy atom. The molecule has 0 aromatic heterocycles. The van der Waals surface area contributed by atoms with Gasteiger partial charge in [0.2, 0.25) is 0 Å². The van der Waals surface area contributed by atoms with E-state index in [1.807, 2.05) is 0 Å². The summed E-state index contributed by atoms with van der Waals surface area (Å²) in [5.41, 5.74) is 8.31. The lowest BCUT2D eigenvalue weighted by Crippen LogP contribution is -2.36. The number of hydrogen-bond acceptors (Lipinski definition) is 4. The average molecular weight is 221 g/mol. The molecule has 1 aliphatic heterocycles. The van der Waals surface area contributed by atoms with Crippen LogP contribution in [0.5, 0.6) is 5.75 Å². The maximum Gasteiger partial charge on any atom is 0.272 e. The number of anilines is 1. The van der Waals surface area contributed by atoms with Crippen LogP contribution < -0.4 is 20.9 Å². The number of hydrogen-bond donors (Lipinski definition) is 2. The molecule has 6 heteroatoms. The lowest BCUT2D eigenvalue weighted by molar-refractivity contribution is -0.123. The summed E-state index contributed by atoms with van der Waals surface area (Å²) < 4.78 is 4.99. The molecule has 3 N–H and O–H groups in total. The molecule has 1 atom stereocenters. The second kappa shape index (κ2) is 3.82. The Hall–Kier alpha value is -2.08. The number of carbonyl (C=O) groups excluding carboxylic acids is 2. The molecule has 0 radical (unpaired) electrons. The summed E-state index contributed by atoms with van der Waals surface area (Å²) in [6, 6.07) is 5.59. The summed E-state index contributed by atoms with van der Waals surface area (Å²) in [5.74, 6) is -0.290. The second-order valence-electron chi connectivity index (χ2n) is 3.33. The van der Waals surface area contributed by atoms with E-state index in [4.69, 9.17) is 10.5 Å². The third kappa shape index (κ3) is 1.59. The summed E-state index contributed by atoms with van der Waals surface area (Å²) in [6.07, 6.45) is 0. The smallest absolute Gasteiger partial charge is 0.272 e. The minimum Gasteiger partial charge on any atom is -0.497 e. The highest BCUT2D eigenvalue weighted by Crippen LogP contribution is 2.20. The van der Waals surface area contributed by atoms with Gasteiger partial charge in [0.1, 0.15) is 5.75 Å². The van der Waals surface area contributed by atoms with Crippen molar-refractivity contribution in [2.75, 3.05) is 12.1 Å². The largest absolute Gasteiger partial charge is 0.497 e. The number of nitrogens with one attached hydrogen (secondary N) is 1. The molecule has 1 heterocycles. The molecule has 16 heavy (non-hydrogen) atoms. The number of methoxy groups -OCH3 is 1. The topological polar surface area (TPSA) is 84.7 Å². The normalized spacial score (nSPS) is 19.9. The Kier molecular flexibility index (Phi) is 2.49. The Labute approximate surface area is 91.9 Å². The molecule has 6 nitrogen and oxygen atoms in total.